The zero-order valence-corrected chi connectivity index (χ0v) is 36.9. The molecular formula is C61H40N4Si. The van der Waals surface area contributed by atoms with Crippen LogP contribution < -0.4 is 20.7 Å². The molecule has 3 aromatic heterocycles. The minimum absolute atomic E-state index is 0.643. The molecule has 5 heteroatoms. The van der Waals surface area contributed by atoms with E-state index in [1.54, 1.807) is 0 Å². The van der Waals surface area contributed by atoms with Crippen LogP contribution in [0.2, 0.25) is 0 Å². The summed E-state index contributed by atoms with van der Waals surface area (Å²) >= 11 is 0. The van der Waals surface area contributed by atoms with Crippen LogP contribution in [-0.2, 0) is 0 Å². The zero-order valence-electron chi connectivity index (χ0n) is 35.9. The van der Waals surface area contributed by atoms with Gasteiger partial charge < -0.3 is 13.7 Å². The summed E-state index contributed by atoms with van der Waals surface area (Å²) in [5, 5.41) is 22.4. The second-order valence-electron chi connectivity index (χ2n) is 17.2. The fourth-order valence-corrected chi connectivity index (χ4v) is 15.8. The lowest BCUT2D eigenvalue weighted by molar-refractivity contribution is 1.15. The number of hydrogen-bond donors (Lipinski definition) is 0. The lowest BCUT2D eigenvalue weighted by atomic mass is 10.1. The van der Waals surface area contributed by atoms with E-state index in [0.29, 0.717) is 5.56 Å². The van der Waals surface area contributed by atoms with Gasteiger partial charge in [-0.3, -0.25) is 0 Å². The molecule has 0 aliphatic rings. The second-order valence-corrected chi connectivity index (χ2v) is 21.0. The Kier molecular flexibility index (Phi) is 8.57. The monoisotopic (exact) mass is 856 g/mol. The summed E-state index contributed by atoms with van der Waals surface area (Å²) in [6.07, 6.45) is 0. The number of hydrogen-bond acceptors (Lipinski definition) is 1. The van der Waals surface area contributed by atoms with Gasteiger partial charge in [0.05, 0.1) is 44.7 Å². The average molecular weight is 857 g/mol. The van der Waals surface area contributed by atoms with Crippen molar-refractivity contribution in [3.8, 4) is 23.1 Å². The second kappa shape index (κ2) is 15.0. The number of aromatic nitrogens is 3. The van der Waals surface area contributed by atoms with Gasteiger partial charge in [0.1, 0.15) is 0 Å². The van der Waals surface area contributed by atoms with Gasteiger partial charge in [-0.2, -0.15) is 5.26 Å². The standard InChI is InChI=1S/C61H40N4Si/c62-41-42-31-34-53-50-25-10-14-29-57(50)64(59(53)37-42)44-32-35-55-52-27-12-15-30-58(52)65(61(55)39-44)45-33-36-54-51-26-11-13-28-56(51)63(60(54)40-45)43-17-16-24-49(38-43)66(46-18-4-1-5-19-46,47-20-6-2-7-21-47)48-22-8-3-9-23-48/h1-40H. The zero-order chi connectivity index (χ0) is 43.8. The van der Waals surface area contributed by atoms with Gasteiger partial charge in [-0.25, -0.2) is 0 Å². The van der Waals surface area contributed by atoms with E-state index in [-0.39, 0.29) is 0 Å². The molecular weight excluding hydrogens is 817 g/mol. The van der Waals surface area contributed by atoms with E-state index >= 15 is 0 Å². The normalized spacial score (nSPS) is 11.9. The molecule has 0 bridgehead atoms. The summed E-state index contributed by atoms with van der Waals surface area (Å²) < 4.78 is 7.21. The highest BCUT2D eigenvalue weighted by atomic mass is 28.3. The minimum atomic E-state index is -2.80. The molecule has 0 aliphatic carbocycles. The van der Waals surface area contributed by atoms with E-state index in [1.807, 2.05) is 12.1 Å². The van der Waals surface area contributed by atoms with E-state index in [2.05, 4.69) is 250 Å². The molecule has 10 aromatic carbocycles. The van der Waals surface area contributed by atoms with Crippen molar-refractivity contribution in [2.75, 3.05) is 0 Å². The highest BCUT2D eigenvalue weighted by Gasteiger charge is 2.41. The number of para-hydroxylation sites is 3. The number of rotatable bonds is 7. The number of fused-ring (bicyclic) bond motifs is 9. The summed E-state index contributed by atoms with van der Waals surface area (Å²) in [5.41, 5.74) is 10.6. The Morgan fingerprint density at radius 2 is 0.621 bits per heavy atom. The third-order valence-electron chi connectivity index (χ3n) is 13.8. The van der Waals surface area contributed by atoms with Crippen LogP contribution in [0.15, 0.2) is 243 Å². The van der Waals surface area contributed by atoms with E-state index in [1.165, 1.54) is 47.8 Å². The van der Waals surface area contributed by atoms with Crippen molar-refractivity contribution in [2.45, 2.75) is 0 Å². The molecule has 0 amide bonds. The molecule has 0 N–H and O–H groups in total. The highest BCUT2D eigenvalue weighted by molar-refractivity contribution is 7.19. The van der Waals surface area contributed by atoms with Gasteiger partial charge in [-0.1, -0.05) is 176 Å². The molecule has 0 spiro atoms. The van der Waals surface area contributed by atoms with Gasteiger partial charge in [-0.05, 0) is 87.5 Å². The van der Waals surface area contributed by atoms with Crippen LogP contribution in [0.25, 0.3) is 82.5 Å². The molecule has 0 saturated carbocycles. The number of benzene rings is 10. The quantitative estimate of drug-likeness (QED) is 0.116. The number of nitrogens with zero attached hydrogens (tertiary/aromatic N) is 4. The van der Waals surface area contributed by atoms with Crippen molar-refractivity contribution in [1.29, 1.82) is 5.26 Å². The molecule has 0 atom stereocenters. The molecule has 0 fully saturated rings. The van der Waals surface area contributed by atoms with Crippen LogP contribution in [0.4, 0.5) is 0 Å². The maximum Gasteiger partial charge on any atom is 0.179 e. The predicted molar refractivity (Wildman–Crippen MR) is 278 cm³/mol. The van der Waals surface area contributed by atoms with Gasteiger partial charge in [0.25, 0.3) is 0 Å². The first-order valence-corrected chi connectivity index (χ1v) is 24.5. The Labute approximate surface area is 382 Å². The molecule has 3 heterocycles. The van der Waals surface area contributed by atoms with E-state index in [0.717, 1.165) is 55.4 Å². The topological polar surface area (TPSA) is 38.6 Å². The Morgan fingerprint density at radius 3 is 1.06 bits per heavy atom. The van der Waals surface area contributed by atoms with Crippen LogP contribution in [0, 0.1) is 11.3 Å². The van der Waals surface area contributed by atoms with Crippen molar-refractivity contribution in [3.05, 3.63) is 248 Å². The van der Waals surface area contributed by atoms with Crippen molar-refractivity contribution >= 4 is 94.2 Å². The average Bonchev–Trinajstić information content (AvgIpc) is 4.02. The van der Waals surface area contributed by atoms with Crippen LogP contribution >= 0.6 is 0 Å². The van der Waals surface area contributed by atoms with Gasteiger partial charge in [0, 0.05) is 49.4 Å². The van der Waals surface area contributed by atoms with Crippen molar-refractivity contribution in [2.24, 2.45) is 0 Å². The maximum atomic E-state index is 9.96. The minimum Gasteiger partial charge on any atom is -0.309 e. The number of nitriles is 1. The van der Waals surface area contributed by atoms with Crippen molar-refractivity contribution in [1.82, 2.24) is 13.7 Å². The molecule has 0 unspecified atom stereocenters. The summed E-state index contributed by atoms with van der Waals surface area (Å²) in [6.45, 7) is 0. The fraction of sp³-hybridized carbons (Fsp3) is 0. The van der Waals surface area contributed by atoms with Crippen LogP contribution in [0.5, 0.6) is 0 Å². The molecule has 0 aliphatic heterocycles. The van der Waals surface area contributed by atoms with Crippen molar-refractivity contribution < 1.29 is 0 Å². The first-order chi connectivity index (χ1) is 32.7. The first-order valence-electron chi connectivity index (χ1n) is 22.5. The van der Waals surface area contributed by atoms with Gasteiger partial charge in [0.15, 0.2) is 8.07 Å². The SMILES string of the molecule is N#Cc1ccc2c3ccccc3n(-c3ccc4c5ccccc5n(-c5ccc6c7ccccc7n(-c7cccc([Si](c8ccccc8)(c8ccccc8)c8ccccc8)c7)c6c5)c4c3)c2c1. The summed E-state index contributed by atoms with van der Waals surface area (Å²) in [7, 11) is -2.80. The Hall–Kier alpha value is -8.69. The maximum absolute atomic E-state index is 9.96. The lowest BCUT2D eigenvalue weighted by Gasteiger charge is -2.34. The predicted octanol–water partition coefficient (Wildman–Crippen LogP) is 12.2. The molecule has 0 saturated heterocycles. The van der Waals surface area contributed by atoms with Crippen molar-refractivity contribution in [3.63, 3.8) is 0 Å². The molecule has 4 nitrogen and oxygen atoms in total. The lowest BCUT2D eigenvalue weighted by Crippen LogP contribution is -2.74. The molecule has 13 aromatic rings. The molecule has 66 heavy (non-hydrogen) atoms. The molecule has 308 valence electrons. The Bertz CT molecular complexity index is 3960. The third-order valence-corrected chi connectivity index (χ3v) is 18.6. The molecule has 13 rings (SSSR count). The van der Waals surface area contributed by atoms with E-state index in [9.17, 15) is 5.26 Å². The molecule has 0 radical (unpaired) electrons. The highest BCUT2D eigenvalue weighted by Crippen LogP contribution is 2.39. The summed E-state index contributed by atoms with van der Waals surface area (Å²) in [4.78, 5) is 0. The largest absolute Gasteiger partial charge is 0.309 e. The van der Waals surface area contributed by atoms with Gasteiger partial charge in [-0.15, -0.1) is 0 Å². The van der Waals surface area contributed by atoms with Crippen LogP contribution in [0.1, 0.15) is 5.56 Å². The Morgan fingerprint density at radius 1 is 0.273 bits per heavy atom. The van der Waals surface area contributed by atoms with E-state index < -0.39 is 8.07 Å². The fourth-order valence-electron chi connectivity index (χ4n) is 11.0. The van der Waals surface area contributed by atoms with Crippen LogP contribution in [-0.4, -0.2) is 21.8 Å². The smallest absolute Gasteiger partial charge is 0.179 e. The van der Waals surface area contributed by atoms with Gasteiger partial charge >= 0.3 is 0 Å². The van der Waals surface area contributed by atoms with Gasteiger partial charge in [0.2, 0.25) is 0 Å². The first kappa shape index (κ1) is 37.8. The van der Waals surface area contributed by atoms with Crippen LogP contribution in [0.3, 0.4) is 0 Å². The summed E-state index contributed by atoms with van der Waals surface area (Å²) in [5.74, 6) is 0. The third kappa shape index (κ3) is 5.56. The Balaban J connectivity index is 1.06. The van der Waals surface area contributed by atoms with E-state index in [4.69, 9.17) is 0 Å². The summed E-state index contributed by atoms with van der Waals surface area (Å²) in [6, 6.07) is 91.1.